The Labute approximate surface area is 172 Å². The molecule has 1 saturated carbocycles. The lowest BCUT2D eigenvalue weighted by molar-refractivity contribution is 0.454. The Bertz CT molecular complexity index is 1480. The zero-order chi connectivity index (χ0) is 20.8. The van der Waals surface area contributed by atoms with E-state index in [1.165, 1.54) is 0 Å². The van der Waals surface area contributed by atoms with E-state index in [0.29, 0.717) is 26.9 Å². The van der Waals surface area contributed by atoms with Crippen molar-refractivity contribution in [1.82, 2.24) is 24.6 Å². The van der Waals surface area contributed by atoms with Crippen LogP contribution in [0.3, 0.4) is 0 Å². The van der Waals surface area contributed by atoms with Gasteiger partial charge >= 0.3 is 5.69 Å². The summed E-state index contributed by atoms with van der Waals surface area (Å²) in [4.78, 5) is 26.5. The number of aromatic nitrogens is 5. The van der Waals surface area contributed by atoms with E-state index in [0.717, 1.165) is 18.4 Å². The molecule has 4 aromatic rings. The van der Waals surface area contributed by atoms with Crippen LogP contribution in [0.2, 0.25) is 0 Å². The number of aromatic amines is 2. The summed E-state index contributed by atoms with van der Waals surface area (Å²) >= 11 is 0. The molecule has 0 bridgehead atoms. The van der Waals surface area contributed by atoms with Gasteiger partial charge in [-0.25, -0.2) is 9.78 Å². The molecule has 30 heavy (non-hydrogen) atoms. The van der Waals surface area contributed by atoms with Crippen LogP contribution in [0.4, 0.5) is 0 Å². The molecule has 10 heteroatoms. The van der Waals surface area contributed by atoms with Crippen molar-refractivity contribution in [3.8, 4) is 17.1 Å². The monoisotopic (exact) mass is 422 g/mol. The second-order valence-electron chi connectivity index (χ2n) is 7.16. The van der Waals surface area contributed by atoms with Gasteiger partial charge in [-0.05, 0) is 31.1 Å². The van der Waals surface area contributed by atoms with Crippen LogP contribution < -0.4 is 16.4 Å². The Morgan fingerprint density at radius 2 is 2.13 bits per heavy atom. The number of imidazole rings is 1. The SMILES string of the molecule is CS(=O)c1cccc(-c2cc(=NC3CC3)n3ncc(=Cc4[nH]c(=O)[nH]c4O)c3n2)c1. The number of benzene rings is 1. The summed E-state index contributed by atoms with van der Waals surface area (Å²) in [6.45, 7) is 0. The second-order valence-corrected chi connectivity index (χ2v) is 8.54. The molecule has 9 nitrogen and oxygen atoms in total. The Kier molecular flexibility index (Phi) is 4.35. The zero-order valence-electron chi connectivity index (χ0n) is 16.0. The van der Waals surface area contributed by atoms with Gasteiger partial charge in [-0.2, -0.15) is 9.61 Å². The molecule has 0 amide bonds. The van der Waals surface area contributed by atoms with Gasteiger partial charge in [-0.15, -0.1) is 0 Å². The number of nitrogens with zero attached hydrogens (tertiary/aromatic N) is 4. The Morgan fingerprint density at radius 3 is 2.83 bits per heavy atom. The van der Waals surface area contributed by atoms with E-state index in [9.17, 15) is 14.1 Å². The Balaban J connectivity index is 1.77. The Morgan fingerprint density at radius 1 is 1.30 bits per heavy atom. The van der Waals surface area contributed by atoms with Gasteiger partial charge < -0.3 is 10.1 Å². The van der Waals surface area contributed by atoms with E-state index in [1.54, 1.807) is 23.0 Å². The van der Waals surface area contributed by atoms with Gasteiger partial charge in [0, 0.05) is 38.8 Å². The third-order valence-corrected chi connectivity index (χ3v) is 5.76. The first-order valence-corrected chi connectivity index (χ1v) is 10.9. The summed E-state index contributed by atoms with van der Waals surface area (Å²) in [5, 5.41) is 14.9. The van der Waals surface area contributed by atoms with Crippen molar-refractivity contribution in [2.45, 2.75) is 23.8 Å². The van der Waals surface area contributed by atoms with Gasteiger partial charge in [-0.3, -0.25) is 14.2 Å². The summed E-state index contributed by atoms with van der Waals surface area (Å²) in [5.41, 5.74) is 2.45. The molecule has 152 valence electrons. The largest absolute Gasteiger partial charge is 0.493 e. The van der Waals surface area contributed by atoms with Crippen molar-refractivity contribution in [1.29, 1.82) is 0 Å². The average molecular weight is 422 g/mol. The number of fused-ring (bicyclic) bond motifs is 1. The maximum atomic E-state index is 11.9. The highest BCUT2D eigenvalue weighted by molar-refractivity contribution is 7.84. The highest BCUT2D eigenvalue weighted by atomic mass is 32.2. The quantitative estimate of drug-likeness (QED) is 0.440. The van der Waals surface area contributed by atoms with Gasteiger partial charge in [-0.1, -0.05) is 12.1 Å². The van der Waals surface area contributed by atoms with E-state index in [-0.39, 0.29) is 17.6 Å². The van der Waals surface area contributed by atoms with Crippen LogP contribution in [-0.4, -0.2) is 46.2 Å². The van der Waals surface area contributed by atoms with Gasteiger partial charge in [0.15, 0.2) is 11.1 Å². The van der Waals surface area contributed by atoms with Crippen LogP contribution in [0.1, 0.15) is 18.5 Å². The average Bonchev–Trinajstić information content (AvgIpc) is 3.36. The molecule has 1 aromatic carbocycles. The highest BCUT2D eigenvalue weighted by Crippen LogP contribution is 2.23. The normalized spacial score (nSPS) is 16.4. The number of H-pyrrole nitrogens is 2. The minimum absolute atomic E-state index is 0.242. The van der Waals surface area contributed by atoms with Crippen molar-refractivity contribution in [2.75, 3.05) is 6.26 Å². The fourth-order valence-electron chi connectivity index (χ4n) is 3.18. The molecule has 1 atom stereocenters. The molecule has 3 N–H and O–H groups in total. The molecule has 0 spiro atoms. The molecule has 1 unspecified atom stereocenters. The van der Waals surface area contributed by atoms with E-state index >= 15 is 0 Å². The summed E-state index contributed by atoms with van der Waals surface area (Å²) in [5.74, 6) is -0.253. The number of rotatable bonds is 4. The van der Waals surface area contributed by atoms with Gasteiger partial charge in [0.2, 0.25) is 5.88 Å². The van der Waals surface area contributed by atoms with Crippen molar-refractivity contribution in [3.05, 3.63) is 63.4 Å². The van der Waals surface area contributed by atoms with E-state index in [2.05, 4.69) is 15.1 Å². The van der Waals surface area contributed by atoms with Crippen LogP contribution in [0, 0.1) is 0 Å². The fraction of sp³-hybridized carbons (Fsp3) is 0.200. The van der Waals surface area contributed by atoms with Crippen molar-refractivity contribution in [3.63, 3.8) is 0 Å². The van der Waals surface area contributed by atoms with Gasteiger partial charge in [0.1, 0.15) is 5.69 Å². The van der Waals surface area contributed by atoms with Crippen LogP contribution in [0.25, 0.3) is 23.0 Å². The smallest absolute Gasteiger partial charge is 0.326 e. The van der Waals surface area contributed by atoms with Crippen LogP contribution in [0.15, 0.2) is 51.2 Å². The highest BCUT2D eigenvalue weighted by Gasteiger charge is 2.20. The molecule has 3 heterocycles. The molecule has 0 radical (unpaired) electrons. The number of hydrogen-bond donors (Lipinski definition) is 3. The predicted octanol–water partition coefficient (Wildman–Crippen LogP) is 0.467. The maximum Gasteiger partial charge on any atom is 0.326 e. The van der Waals surface area contributed by atoms with E-state index < -0.39 is 16.5 Å². The fourth-order valence-corrected chi connectivity index (χ4v) is 3.74. The molecule has 0 aliphatic heterocycles. The van der Waals surface area contributed by atoms with E-state index in [4.69, 9.17) is 9.98 Å². The molecule has 1 aliphatic rings. The van der Waals surface area contributed by atoms with Crippen molar-refractivity contribution in [2.24, 2.45) is 4.99 Å². The lowest BCUT2D eigenvalue weighted by Crippen LogP contribution is -2.19. The lowest BCUT2D eigenvalue weighted by atomic mass is 10.1. The number of nitrogens with one attached hydrogen (secondary N) is 2. The predicted molar refractivity (Wildman–Crippen MR) is 111 cm³/mol. The summed E-state index contributed by atoms with van der Waals surface area (Å²) in [6.07, 6.45) is 6.94. The molecular formula is C20H18N6O3S. The minimum Gasteiger partial charge on any atom is -0.493 e. The summed E-state index contributed by atoms with van der Waals surface area (Å²) < 4.78 is 13.6. The maximum absolute atomic E-state index is 11.9. The first-order valence-electron chi connectivity index (χ1n) is 9.37. The van der Waals surface area contributed by atoms with E-state index in [1.807, 2.05) is 30.3 Å². The number of hydrogen-bond acceptors (Lipinski definition) is 6. The zero-order valence-corrected chi connectivity index (χ0v) is 16.8. The topological polar surface area (TPSA) is 128 Å². The van der Waals surface area contributed by atoms with Crippen LogP contribution in [0.5, 0.6) is 5.88 Å². The molecular weight excluding hydrogens is 404 g/mol. The molecule has 3 aromatic heterocycles. The third-order valence-electron chi connectivity index (χ3n) is 4.84. The minimum atomic E-state index is -1.11. The van der Waals surface area contributed by atoms with Gasteiger partial charge in [0.25, 0.3) is 0 Å². The van der Waals surface area contributed by atoms with Gasteiger partial charge in [0.05, 0.1) is 17.9 Å². The number of aromatic hydroxyl groups is 1. The molecule has 0 saturated heterocycles. The van der Waals surface area contributed by atoms with Crippen molar-refractivity contribution >= 4 is 22.5 Å². The molecule has 1 fully saturated rings. The summed E-state index contributed by atoms with van der Waals surface area (Å²) in [6, 6.07) is 9.57. The van der Waals surface area contributed by atoms with Crippen LogP contribution >= 0.6 is 0 Å². The first-order chi connectivity index (χ1) is 14.5. The lowest BCUT2D eigenvalue weighted by Gasteiger charge is -2.05. The second kappa shape index (κ2) is 7.06. The third kappa shape index (κ3) is 3.45. The van der Waals surface area contributed by atoms with Crippen LogP contribution in [-0.2, 0) is 10.8 Å². The summed E-state index contributed by atoms with van der Waals surface area (Å²) in [7, 11) is -1.11. The molecule has 1 aliphatic carbocycles. The standard InChI is InChI=1S/C20H18N6O3S/c1-30(29)14-4-2-3-11(7-14)15-9-17(22-13-5-6-13)26-18(23-15)12(10-21-26)8-16-19(27)25-20(28)24-16/h2-4,7-10,13,27H,5-6H2,1H3,(H2,24,25,28). The first kappa shape index (κ1) is 18.5. The Hall–Kier alpha value is -3.53. The molecule has 5 rings (SSSR count). The van der Waals surface area contributed by atoms with Crippen molar-refractivity contribution < 1.29 is 9.32 Å².